The molecule has 1 fully saturated rings. The predicted octanol–water partition coefficient (Wildman–Crippen LogP) is 1.52. The molecule has 1 saturated carbocycles. The lowest BCUT2D eigenvalue weighted by Crippen LogP contribution is -2.50. The van der Waals surface area contributed by atoms with Crippen molar-refractivity contribution < 1.29 is 5.11 Å². The second-order valence-corrected chi connectivity index (χ2v) is 3.99. The van der Waals surface area contributed by atoms with Crippen molar-refractivity contribution >= 4 is 11.6 Å². The van der Waals surface area contributed by atoms with Gasteiger partial charge in [0.1, 0.15) is 0 Å². The van der Waals surface area contributed by atoms with Gasteiger partial charge in [0, 0.05) is 17.0 Å². The average Bonchev–Trinajstić information content (AvgIpc) is 2.13. The molecule has 0 amide bonds. The first-order valence-electron chi connectivity index (χ1n) is 4.37. The molecule has 70 valence electrons. The Morgan fingerprint density at radius 3 is 2.77 bits per heavy atom. The van der Waals surface area contributed by atoms with E-state index in [1.54, 1.807) is 0 Å². The molecule has 1 aromatic carbocycles. The summed E-state index contributed by atoms with van der Waals surface area (Å²) in [5, 5.41) is 10.3. The van der Waals surface area contributed by atoms with Crippen LogP contribution < -0.4 is 5.73 Å². The Kier molecular flexibility index (Phi) is 2.28. The van der Waals surface area contributed by atoms with E-state index in [2.05, 4.69) is 0 Å². The molecule has 1 aromatic rings. The molecule has 2 nitrogen and oxygen atoms in total. The van der Waals surface area contributed by atoms with E-state index < -0.39 is 6.10 Å². The number of rotatable bonds is 1. The first kappa shape index (κ1) is 9.00. The molecule has 13 heavy (non-hydrogen) atoms. The molecule has 0 unspecified atom stereocenters. The summed E-state index contributed by atoms with van der Waals surface area (Å²) >= 11 is 5.84. The highest BCUT2D eigenvalue weighted by Crippen LogP contribution is 2.36. The Morgan fingerprint density at radius 1 is 1.46 bits per heavy atom. The molecule has 0 bridgehead atoms. The van der Waals surface area contributed by atoms with E-state index in [0.717, 1.165) is 12.0 Å². The van der Waals surface area contributed by atoms with Crippen LogP contribution in [0.3, 0.4) is 0 Å². The summed E-state index contributed by atoms with van der Waals surface area (Å²) in [6.07, 6.45) is 0.445. The SMILES string of the molecule is N[C@@H]1C[C@H](c2cccc(Cl)c2)[C@H]1O. The van der Waals surface area contributed by atoms with Crippen LogP contribution in [0.15, 0.2) is 24.3 Å². The Hall–Kier alpha value is -0.570. The van der Waals surface area contributed by atoms with Crippen LogP contribution in [0, 0.1) is 0 Å². The third-order valence-electron chi connectivity index (χ3n) is 2.65. The molecule has 2 rings (SSSR count). The summed E-state index contributed by atoms with van der Waals surface area (Å²) in [5.41, 5.74) is 6.69. The molecular weight excluding hydrogens is 186 g/mol. The lowest BCUT2D eigenvalue weighted by molar-refractivity contribution is 0.0414. The maximum atomic E-state index is 9.55. The van der Waals surface area contributed by atoms with Crippen LogP contribution in [-0.4, -0.2) is 17.3 Å². The molecule has 0 saturated heterocycles. The van der Waals surface area contributed by atoms with Gasteiger partial charge in [-0.2, -0.15) is 0 Å². The van der Waals surface area contributed by atoms with Crippen molar-refractivity contribution in [3.05, 3.63) is 34.9 Å². The first-order chi connectivity index (χ1) is 6.18. The van der Waals surface area contributed by atoms with Crippen LogP contribution in [0.2, 0.25) is 5.02 Å². The molecule has 0 heterocycles. The van der Waals surface area contributed by atoms with Gasteiger partial charge in [-0.1, -0.05) is 23.7 Å². The standard InChI is InChI=1S/C10H12ClNO/c11-7-3-1-2-6(4-7)8-5-9(12)10(8)13/h1-4,8-10,13H,5,12H2/t8-,9-,10-/m1/s1. The highest BCUT2D eigenvalue weighted by Gasteiger charge is 2.37. The number of benzene rings is 1. The zero-order valence-electron chi connectivity index (χ0n) is 7.15. The number of aliphatic hydroxyl groups excluding tert-OH is 1. The maximum Gasteiger partial charge on any atom is 0.0760 e. The third kappa shape index (κ3) is 1.57. The van der Waals surface area contributed by atoms with Gasteiger partial charge >= 0.3 is 0 Å². The minimum Gasteiger partial charge on any atom is -0.391 e. The number of hydrogen-bond donors (Lipinski definition) is 2. The molecule has 0 aliphatic heterocycles. The monoisotopic (exact) mass is 197 g/mol. The van der Waals surface area contributed by atoms with Gasteiger partial charge in [-0.3, -0.25) is 0 Å². The smallest absolute Gasteiger partial charge is 0.0760 e. The van der Waals surface area contributed by atoms with Crippen LogP contribution in [-0.2, 0) is 0 Å². The van der Waals surface area contributed by atoms with E-state index in [-0.39, 0.29) is 12.0 Å². The van der Waals surface area contributed by atoms with Crippen molar-refractivity contribution in [2.75, 3.05) is 0 Å². The molecule has 0 aromatic heterocycles. The molecule has 1 aliphatic rings. The number of nitrogens with two attached hydrogens (primary N) is 1. The van der Waals surface area contributed by atoms with Crippen molar-refractivity contribution in [1.82, 2.24) is 0 Å². The molecule has 1 aliphatic carbocycles. The minimum atomic E-state index is -0.404. The van der Waals surface area contributed by atoms with Gasteiger partial charge in [0.25, 0.3) is 0 Å². The average molecular weight is 198 g/mol. The number of hydrogen-bond acceptors (Lipinski definition) is 2. The molecule has 3 atom stereocenters. The fourth-order valence-corrected chi connectivity index (χ4v) is 1.94. The van der Waals surface area contributed by atoms with Gasteiger partial charge in [0.2, 0.25) is 0 Å². The summed E-state index contributed by atoms with van der Waals surface area (Å²) in [6.45, 7) is 0. The molecule has 0 radical (unpaired) electrons. The highest BCUT2D eigenvalue weighted by molar-refractivity contribution is 6.30. The zero-order chi connectivity index (χ0) is 9.42. The fourth-order valence-electron chi connectivity index (χ4n) is 1.75. The van der Waals surface area contributed by atoms with E-state index >= 15 is 0 Å². The van der Waals surface area contributed by atoms with Gasteiger partial charge in [-0.25, -0.2) is 0 Å². The van der Waals surface area contributed by atoms with Crippen molar-refractivity contribution in [1.29, 1.82) is 0 Å². The molecule has 3 N–H and O–H groups in total. The Morgan fingerprint density at radius 2 is 2.23 bits per heavy atom. The first-order valence-corrected chi connectivity index (χ1v) is 4.75. The maximum absolute atomic E-state index is 9.55. The van der Waals surface area contributed by atoms with Crippen LogP contribution in [0.25, 0.3) is 0 Å². The van der Waals surface area contributed by atoms with Gasteiger partial charge in [0.05, 0.1) is 6.10 Å². The predicted molar refractivity (Wildman–Crippen MR) is 52.8 cm³/mol. The number of aliphatic hydroxyl groups is 1. The lowest BCUT2D eigenvalue weighted by atomic mass is 9.73. The summed E-state index contributed by atoms with van der Waals surface area (Å²) in [4.78, 5) is 0. The van der Waals surface area contributed by atoms with E-state index in [1.165, 1.54) is 0 Å². The largest absolute Gasteiger partial charge is 0.391 e. The van der Waals surface area contributed by atoms with Crippen LogP contribution in [0.4, 0.5) is 0 Å². The quantitative estimate of drug-likeness (QED) is 0.717. The van der Waals surface area contributed by atoms with Gasteiger partial charge in [-0.15, -0.1) is 0 Å². The highest BCUT2D eigenvalue weighted by atomic mass is 35.5. The van der Waals surface area contributed by atoms with E-state index in [1.807, 2.05) is 24.3 Å². The second-order valence-electron chi connectivity index (χ2n) is 3.55. The Bertz CT molecular complexity index is 316. The van der Waals surface area contributed by atoms with Crippen molar-refractivity contribution in [3.63, 3.8) is 0 Å². The third-order valence-corrected chi connectivity index (χ3v) is 2.89. The van der Waals surface area contributed by atoms with Crippen molar-refractivity contribution in [2.24, 2.45) is 5.73 Å². The topological polar surface area (TPSA) is 46.2 Å². The summed E-state index contributed by atoms with van der Waals surface area (Å²) in [5.74, 6) is 0.175. The van der Waals surface area contributed by atoms with Crippen LogP contribution >= 0.6 is 11.6 Å². The van der Waals surface area contributed by atoms with Crippen LogP contribution in [0.5, 0.6) is 0 Å². The lowest BCUT2D eigenvalue weighted by Gasteiger charge is -2.39. The molecular formula is C10H12ClNO. The van der Waals surface area contributed by atoms with E-state index in [9.17, 15) is 5.11 Å². The van der Waals surface area contributed by atoms with Crippen molar-refractivity contribution in [2.45, 2.75) is 24.5 Å². The Labute approximate surface area is 82.3 Å². The summed E-state index contributed by atoms with van der Waals surface area (Å²) in [6, 6.07) is 7.53. The van der Waals surface area contributed by atoms with Gasteiger partial charge in [-0.05, 0) is 24.1 Å². The Balaban J connectivity index is 2.18. The fraction of sp³-hybridized carbons (Fsp3) is 0.400. The normalized spacial score (nSPS) is 32.7. The second kappa shape index (κ2) is 3.29. The zero-order valence-corrected chi connectivity index (χ0v) is 7.91. The number of halogens is 1. The molecule has 3 heteroatoms. The van der Waals surface area contributed by atoms with Gasteiger partial charge < -0.3 is 10.8 Å². The summed E-state index contributed by atoms with van der Waals surface area (Å²) in [7, 11) is 0. The van der Waals surface area contributed by atoms with E-state index in [4.69, 9.17) is 17.3 Å². The molecule has 0 spiro atoms. The van der Waals surface area contributed by atoms with Gasteiger partial charge in [0.15, 0.2) is 0 Å². The minimum absolute atomic E-state index is 0.0658. The van der Waals surface area contributed by atoms with E-state index in [0.29, 0.717) is 5.02 Å². The summed E-state index contributed by atoms with van der Waals surface area (Å²) < 4.78 is 0. The van der Waals surface area contributed by atoms with Crippen molar-refractivity contribution in [3.8, 4) is 0 Å². The van der Waals surface area contributed by atoms with Crippen LogP contribution in [0.1, 0.15) is 17.9 Å².